The van der Waals surface area contributed by atoms with Crippen LogP contribution >= 0.6 is 11.6 Å². The Morgan fingerprint density at radius 3 is 2.82 bits per heavy atom. The summed E-state index contributed by atoms with van der Waals surface area (Å²) in [6, 6.07) is 13.9. The molecule has 1 aliphatic heterocycles. The summed E-state index contributed by atoms with van der Waals surface area (Å²) in [7, 11) is 0. The molecule has 0 bridgehead atoms. The van der Waals surface area contributed by atoms with Crippen molar-refractivity contribution in [3.63, 3.8) is 0 Å². The molecule has 5 rings (SSSR count). The van der Waals surface area contributed by atoms with Crippen LogP contribution in [0.5, 0.6) is 5.75 Å². The fourth-order valence-corrected chi connectivity index (χ4v) is 4.10. The molecular weight excluding hydrogens is 376 g/mol. The summed E-state index contributed by atoms with van der Waals surface area (Å²) >= 11 is 6.12. The minimum Gasteiger partial charge on any atom is -0.508 e. The number of Topliss-reactive ketones (excluding diaryl/α,β-unsaturated/α-hetero) is 1. The first-order valence-electron chi connectivity index (χ1n) is 9.15. The second-order valence-electron chi connectivity index (χ2n) is 7.01. The van der Waals surface area contributed by atoms with Gasteiger partial charge < -0.3 is 10.4 Å². The highest BCUT2D eigenvalue weighted by molar-refractivity contribution is 6.30. The number of allylic oxidation sites excluding steroid dienone is 2. The normalized spacial score (nSPS) is 18.5. The van der Waals surface area contributed by atoms with Crippen molar-refractivity contribution >= 4 is 23.3 Å². The van der Waals surface area contributed by atoms with E-state index in [0.717, 1.165) is 29.7 Å². The third-order valence-corrected chi connectivity index (χ3v) is 5.37. The molecule has 2 aliphatic rings. The van der Waals surface area contributed by atoms with Crippen molar-refractivity contribution < 1.29 is 9.90 Å². The largest absolute Gasteiger partial charge is 0.508 e. The number of carbonyl (C=O) groups excluding carboxylic acids is 1. The number of anilines is 1. The van der Waals surface area contributed by atoms with E-state index >= 15 is 0 Å². The fourth-order valence-electron chi connectivity index (χ4n) is 3.91. The van der Waals surface area contributed by atoms with Gasteiger partial charge in [-0.2, -0.15) is 4.98 Å². The number of nitrogens with zero attached hydrogens (tertiary/aromatic N) is 3. The number of hydrogen-bond donors (Lipinski definition) is 2. The van der Waals surface area contributed by atoms with Crippen LogP contribution in [0, 0.1) is 0 Å². The number of halogens is 1. The van der Waals surface area contributed by atoms with Crippen molar-refractivity contribution in [2.45, 2.75) is 25.3 Å². The van der Waals surface area contributed by atoms with E-state index < -0.39 is 6.04 Å². The Morgan fingerprint density at radius 1 is 1.14 bits per heavy atom. The molecule has 0 unspecified atom stereocenters. The van der Waals surface area contributed by atoms with Crippen molar-refractivity contribution in [2.75, 3.05) is 5.32 Å². The summed E-state index contributed by atoms with van der Waals surface area (Å²) in [5.41, 5.74) is 3.19. The fraction of sp³-hybridized carbons (Fsp3) is 0.190. The standard InChI is InChI=1S/C21H17ClN4O2/c22-14-6-1-5-13(10-14)20-24-21-23-16-8-3-9-17(28)18(16)19(26(21)25-20)12-4-2-7-15(27)11-12/h1-2,4-7,10-11,19,27H,3,8-9H2,(H,23,24,25)/t19-/m1/s1. The van der Waals surface area contributed by atoms with Crippen LogP contribution in [0.1, 0.15) is 30.9 Å². The summed E-state index contributed by atoms with van der Waals surface area (Å²) in [6.45, 7) is 0. The Balaban J connectivity index is 1.69. The van der Waals surface area contributed by atoms with Crippen LogP contribution in [-0.2, 0) is 4.79 Å². The third-order valence-electron chi connectivity index (χ3n) is 5.14. The second-order valence-corrected chi connectivity index (χ2v) is 7.44. The number of phenolic OH excluding ortho intramolecular Hbond substituents is 1. The number of fused-ring (bicyclic) bond motifs is 1. The maximum atomic E-state index is 12.8. The Labute approximate surface area is 166 Å². The molecule has 6 nitrogen and oxygen atoms in total. The van der Waals surface area contributed by atoms with Gasteiger partial charge in [-0.3, -0.25) is 4.79 Å². The minimum absolute atomic E-state index is 0.104. The molecule has 2 N–H and O–H groups in total. The lowest BCUT2D eigenvalue weighted by Gasteiger charge is -2.32. The van der Waals surface area contributed by atoms with Crippen molar-refractivity contribution in [1.82, 2.24) is 14.8 Å². The summed E-state index contributed by atoms with van der Waals surface area (Å²) < 4.78 is 1.73. The van der Waals surface area contributed by atoms with Gasteiger partial charge >= 0.3 is 0 Å². The molecule has 0 radical (unpaired) electrons. The van der Waals surface area contributed by atoms with Gasteiger partial charge in [0.05, 0.1) is 0 Å². The van der Waals surface area contributed by atoms with Gasteiger partial charge in [0.15, 0.2) is 11.6 Å². The Kier molecular flexibility index (Phi) is 3.94. The monoisotopic (exact) mass is 392 g/mol. The number of aromatic hydroxyl groups is 1. The van der Waals surface area contributed by atoms with E-state index in [1.54, 1.807) is 28.9 Å². The first-order chi connectivity index (χ1) is 13.6. The number of carbonyl (C=O) groups is 1. The van der Waals surface area contributed by atoms with Crippen molar-refractivity contribution in [1.29, 1.82) is 0 Å². The summed E-state index contributed by atoms with van der Waals surface area (Å²) in [5.74, 6) is 1.37. The van der Waals surface area contributed by atoms with E-state index in [-0.39, 0.29) is 11.5 Å². The molecule has 2 heterocycles. The first kappa shape index (κ1) is 17.0. The Morgan fingerprint density at radius 2 is 2.00 bits per heavy atom. The van der Waals surface area contributed by atoms with Crippen molar-refractivity contribution in [3.8, 4) is 17.1 Å². The van der Waals surface area contributed by atoms with E-state index in [1.165, 1.54) is 0 Å². The highest BCUT2D eigenvalue weighted by Gasteiger charge is 2.37. The molecule has 0 spiro atoms. The predicted molar refractivity (Wildman–Crippen MR) is 106 cm³/mol. The van der Waals surface area contributed by atoms with Gasteiger partial charge in [0.25, 0.3) is 0 Å². The topological polar surface area (TPSA) is 80.0 Å². The zero-order chi connectivity index (χ0) is 19.3. The quantitative estimate of drug-likeness (QED) is 0.678. The van der Waals surface area contributed by atoms with Crippen LogP contribution < -0.4 is 5.32 Å². The minimum atomic E-state index is -0.424. The Bertz CT molecular complexity index is 1130. The van der Waals surface area contributed by atoms with Crippen LogP contribution in [-0.4, -0.2) is 25.7 Å². The van der Waals surface area contributed by atoms with Crippen LogP contribution in [0.4, 0.5) is 5.95 Å². The van der Waals surface area contributed by atoms with Gasteiger partial charge in [0.1, 0.15) is 11.8 Å². The van der Waals surface area contributed by atoms with E-state index in [4.69, 9.17) is 16.7 Å². The van der Waals surface area contributed by atoms with Gasteiger partial charge in [-0.25, -0.2) is 4.68 Å². The SMILES string of the molecule is O=C1CCCC2=C1[C@@H](c1cccc(O)c1)n1nc(-c3cccc(Cl)c3)nc1N2. The van der Waals surface area contributed by atoms with Crippen LogP contribution in [0.15, 0.2) is 59.8 Å². The molecule has 7 heteroatoms. The summed E-state index contributed by atoms with van der Waals surface area (Å²) in [4.78, 5) is 17.4. The molecule has 3 aromatic rings. The molecule has 0 saturated heterocycles. The van der Waals surface area contributed by atoms with Crippen LogP contribution in [0.3, 0.4) is 0 Å². The molecule has 28 heavy (non-hydrogen) atoms. The van der Waals surface area contributed by atoms with Crippen molar-refractivity contribution in [2.24, 2.45) is 0 Å². The lowest BCUT2D eigenvalue weighted by atomic mass is 9.85. The summed E-state index contributed by atoms with van der Waals surface area (Å²) in [5, 5.41) is 18.6. The number of aromatic nitrogens is 3. The van der Waals surface area contributed by atoms with Gasteiger partial charge in [-0.15, -0.1) is 5.10 Å². The molecule has 0 fully saturated rings. The van der Waals surface area contributed by atoms with Crippen LogP contribution in [0.25, 0.3) is 11.4 Å². The predicted octanol–water partition coefficient (Wildman–Crippen LogP) is 4.33. The number of benzene rings is 2. The number of phenols is 1. The average molecular weight is 393 g/mol. The van der Waals surface area contributed by atoms with E-state index in [0.29, 0.717) is 28.8 Å². The van der Waals surface area contributed by atoms with Gasteiger partial charge in [-0.05, 0) is 42.7 Å². The van der Waals surface area contributed by atoms with Crippen molar-refractivity contribution in [3.05, 3.63) is 70.4 Å². The summed E-state index contributed by atoms with van der Waals surface area (Å²) in [6.07, 6.45) is 2.11. The molecule has 2 aromatic carbocycles. The molecule has 1 aliphatic carbocycles. The lowest BCUT2D eigenvalue weighted by molar-refractivity contribution is -0.116. The van der Waals surface area contributed by atoms with E-state index in [9.17, 15) is 9.90 Å². The smallest absolute Gasteiger partial charge is 0.226 e. The molecule has 1 atom stereocenters. The van der Waals surface area contributed by atoms with Gasteiger partial charge in [-0.1, -0.05) is 35.9 Å². The van der Waals surface area contributed by atoms with Gasteiger partial charge in [0, 0.05) is 28.3 Å². The lowest BCUT2D eigenvalue weighted by Crippen LogP contribution is -2.31. The second kappa shape index (κ2) is 6.49. The molecular formula is C21H17ClN4O2. The van der Waals surface area contributed by atoms with Crippen LogP contribution in [0.2, 0.25) is 5.02 Å². The third kappa shape index (κ3) is 2.77. The average Bonchev–Trinajstić information content (AvgIpc) is 3.10. The molecule has 1 aromatic heterocycles. The highest BCUT2D eigenvalue weighted by Crippen LogP contribution is 2.41. The maximum absolute atomic E-state index is 12.8. The zero-order valence-electron chi connectivity index (χ0n) is 14.9. The number of ketones is 1. The zero-order valence-corrected chi connectivity index (χ0v) is 15.6. The highest BCUT2D eigenvalue weighted by atomic mass is 35.5. The van der Waals surface area contributed by atoms with E-state index in [2.05, 4.69) is 10.3 Å². The number of nitrogens with one attached hydrogen (secondary N) is 1. The van der Waals surface area contributed by atoms with E-state index in [1.807, 2.05) is 24.3 Å². The first-order valence-corrected chi connectivity index (χ1v) is 9.52. The Hall–Kier alpha value is -3.12. The van der Waals surface area contributed by atoms with Gasteiger partial charge in [0.2, 0.25) is 5.95 Å². The number of hydrogen-bond acceptors (Lipinski definition) is 5. The molecule has 140 valence electrons. The number of rotatable bonds is 2. The molecule has 0 saturated carbocycles. The maximum Gasteiger partial charge on any atom is 0.226 e. The molecule has 0 amide bonds.